The van der Waals surface area contributed by atoms with Gasteiger partial charge in [0.15, 0.2) is 0 Å². The number of aliphatic hydroxyl groups is 1. The van der Waals surface area contributed by atoms with E-state index in [0.717, 1.165) is 33.4 Å². The predicted molar refractivity (Wildman–Crippen MR) is 207 cm³/mol. The number of benzene rings is 4. The minimum Gasteiger partial charge on any atom is -0.481 e. The average molecular weight is 741 g/mol. The van der Waals surface area contributed by atoms with Crippen molar-refractivity contribution in [2.24, 2.45) is 0 Å². The van der Waals surface area contributed by atoms with Crippen LogP contribution in [0.3, 0.4) is 0 Å². The number of ether oxygens (including phenoxy) is 3. The van der Waals surface area contributed by atoms with Crippen LogP contribution in [0, 0.1) is 0 Å². The number of hydrogen-bond acceptors (Lipinski definition) is 9. The van der Waals surface area contributed by atoms with E-state index >= 15 is 0 Å². The van der Waals surface area contributed by atoms with Crippen LogP contribution in [-0.2, 0) is 51.0 Å². The van der Waals surface area contributed by atoms with Crippen molar-refractivity contribution >= 4 is 29.7 Å². The van der Waals surface area contributed by atoms with Crippen LogP contribution in [0.1, 0.15) is 79.4 Å². The van der Waals surface area contributed by atoms with Crippen LogP contribution in [-0.4, -0.2) is 56.9 Å². The number of carbonyl (C=O) groups excluding carboxylic acids is 4. The van der Waals surface area contributed by atoms with Gasteiger partial charge >= 0.3 is 23.9 Å². The Morgan fingerprint density at radius 1 is 0.630 bits per heavy atom. The summed E-state index contributed by atoms with van der Waals surface area (Å²) in [6.07, 6.45) is -0.134. The molecule has 0 spiro atoms. The molecular weight excluding hydrogens is 688 g/mol. The maximum Gasteiger partial charge on any atom is 0.320 e. The molecule has 1 aliphatic heterocycles. The van der Waals surface area contributed by atoms with Crippen LogP contribution in [0.2, 0.25) is 0 Å². The molecule has 0 bridgehead atoms. The van der Waals surface area contributed by atoms with Gasteiger partial charge < -0.3 is 24.4 Å². The average Bonchev–Trinajstić information content (AvgIpc) is 3.04. The second-order valence-electron chi connectivity index (χ2n) is 14.9. The zero-order valence-electron chi connectivity index (χ0n) is 32.4. The third kappa shape index (κ3) is 19.8. The van der Waals surface area contributed by atoms with Crippen molar-refractivity contribution in [1.29, 1.82) is 0 Å². The van der Waals surface area contributed by atoms with E-state index in [0.29, 0.717) is 0 Å². The smallest absolute Gasteiger partial charge is 0.320 e. The van der Waals surface area contributed by atoms with Gasteiger partial charge in [-0.2, -0.15) is 0 Å². The van der Waals surface area contributed by atoms with Gasteiger partial charge in [0.2, 0.25) is 0 Å². The highest BCUT2D eigenvalue weighted by molar-refractivity contribution is 5.96. The number of Topliss-reactive ketones (excluding diaryl/α,β-unsaturated/α-hetero) is 1. The quantitative estimate of drug-likeness (QED) is 0.134. The second-order valence-corrected chi connectivity index (χ2v) is 14.9. The highest BCUT2D eigenvalue weighted by Crippen LogP contribution is 2.21. The number of carboxylic acid groups (broad SMARTS) is 1. The third-order valence-electron chi connectivity index (χ3n) is 6.65. The Morgan fingerprint density at radius 3 is 1.31 bits per heavy atom. The molecule has 10 nitrogen and oxygen atoms in total. The molecule has 1 heterocycles. The molecule has 1 fully saturated rings. The van der Waals surface area contributed by atoms with Crippen LogP contribution < -0.4 is 0 Å². The van der Waals surface area contributed by atoms with Gasteiger partial charge in [0.05, 0.1) is 12.0 Å². The van der Waals surface area contributed by atoms with Gasteiger partial charge in [-0.25, -0.2) is 0 Å². The molecular formula is C44H52O10. The lowest BCUT2D eigenvalue weighted by Gasteiger charge is -2.28. The number of carboxylic acids is 1. The van der Waals surface area contributed by atoms with Crippen molar-refractivity contribution in [3.63, 3.8) is 0 Å². The number of ketones is 1. The molecule has 288 valence electrons. The molecule has 0 atom stereocenters. The van der Waals surface area contributed by atoms with E-state index in [9.17, 15) is 24.0 Å². The summed E-state index contributed by atoms with van der Waals surface area (Å²) in [6, 6.07) is 35.5. The van der Waals surface area contributed by atoms with Gasteiger partial charge in [0.25, 0.3) is 5.79 Å². The van der Waals surface area contributed by atoms with Gasteiger partial charge in [0.1, 0.15) is 24.2 Å². The lowest BCUT2D eigenvalue weighted by Crippen LogP contribution is -2.39. The number of aliphatic carboxylic acids is 1. The van der Waals surface area contributed by atoms with E-state index in [1.807, 2.05) is 109 Å². The third-order valence-corrected chi connectivity index (χ3v) is 6.65. The fraction of sp³-hybridized carbons (Fsp3) is 0.341. The molecule has 0 unspecified atom stereocenters. The summed E-state index contributed by atoms with van der Waals surface area (Å²) >= 11 is 0. The molecule has 54 heavy (non-hydrogen) atoms. The minimum absolute atomic E-state index is 0.0784. The van der Waals surface area contributed by atoms with Crippen molar-refractivity contribution in [3.05, 3.63) is 120 Å². The number of cyclic esters (lactones) is 2. The molecule has 0 aliphatic carbocycles. The summed E-state index contributed by atoms with van der Waals surface area (Å²) in [4.78, 5) is 55.3. The topological polar surface area (TPSA) is 154 Å². The van der Waals surface area contributed by atoms with E-state index in [1.54, 1.807) is 41.5 Å². The van der Waals surface area contributed by atoms with Crippen molar-refractivity contribution in [3.8, 4) is 22.3 Å². The van der Waals surface area contributed by atoms with Crippen molar-refractivity contribution < 1.29 is 48.4 Å². The number of hydrogen-bond donors (Lipinski definition) is 2. The number of carbonyl (C=O) groups is 5. The monoisotopic (exact) mass is 740 g/mol. The molecule has 1 saturated heterocycles. The fourth-order valence-corrected chi connectivity index (χ4v) is 4.65. The largest absolute Gasteiger partial charge is 0.481 e. The summed E-state index contributed by atoms with van der Waals surface area (Å²) < 4.78 is 14.5. The summed E-state index contributed by atoms with van der Waals surface area (Å²) in [5.41, 5.74) is 5.16. The molecule has 2 N–H and O–H groups in total. The predicted octanol–water partition coefficient (Wildman–Crippen LogP) is 8.17. The second kappa shape index (κ2) is 20.6. The van der Waals surface area contributed by atoms with Gasteiger partial charge in [-0.1, -0.05) is 109 Å². The van der Waals surface area contributed by atoms with Gasteiger partial charge in [0, 0.05) is 20.3 Å². The standard InChI is InChI=1S/C20H22O3.C14H12O2.C6H8O4.C4H10O/c1-20(2,3)23-19(22)14-18(21)13-15-9-11-17(12-10-15)16-7-5-4-6-8-16;15-14(16)10-11-6-8-13(9-7-11)12-4-2-1-3-5-12;1-6(2)9-4(7)3-5(8)10-6;1-4(2,3)5/h4-12H,13-14H2,1-3H3;1-9H,10H2,(H,15,16);3H2,1-2H3;5H,1-3H3. The number of esters is 3. The van der Waals surface area contributed by atoms with Crippen molar-refractivity contribution in [2.75, 3.05) is 0 Å². The molecule has 0 saturated carbocycles. The minimum atomic E-state index is -1.08. The summed E-state index contributed by atoms with van der Waals surface area (Å²) in [7, 11) is 0. The lowest BCUT2D eigenvalue weighted by molar-refractivity contribution is -0.231. The van der Waals surface area contributed by atoms with E-state index in [4.69, 9.17) is 14.9 Å². The van der Waals surface area contributed by atoms with E-state index in [-0.39, 0.29) is 31.5 Å². The first-order valence-electron chi connectivity index (χ1n) is 17.5. The molecule has 0 aromatic heterocycles. The summed E-state index contributed by atoms with van der Waals surface area (Å²) in [5, 5.41) is 17.2. The Kier molecular flexibility index (Phi) is 17.0. The van der Waals surface area contributed by atoms with E-state index in [1.165, 1.54) is 13.8 Å². The first-order chi connectivity index (χ1) is 25.1. The number of rotatable bonds is 8. The highest BCUT2D eigenvalue weighted by atomic mass is 16.7. The van der Waals surface area contributed by atoms with Gasteiger partial charge in [-0.05, 0) is 74.9 Å². The van der Waals surface area contributed by atoms with Crippen LogP contribution in [0.4, 0.5) is 0 Å². The lowest BCUT2D eigenvalue weighted by atomic mass is 10.0. The highest BCUT2D eigenvalue weighted by Gasteiger charge is 2.34. The SMILES string of the molecule is CC(C)(C)O.CC(C)(C)OC(=O)CC(=O)Cc1ccc(-c2ccccc2)cc1.CC1(C)OC(=O)CC(=O)O1.O=C(O)Cc1ccc(-c2ccccc2)cc1. The first kappa shape index (κ1) is 44.6. The Labute approximate surface area is 318 Å². The molecule has 0 radical (unpaired) electrons. The van der Waals surface area contributed by atoms with Gasteiger partial charge in [-0.3, -0.25) is 24.0 Å². The Morgan fingerprint density at radius 2 is 0.981 bits per heavy atom. The molecule has 5 rings (SSSR count). The molecule has 4 aromatic carbocycles. The normalized spacial score (nSPS) is 13.1. The van der Waals surface area contributed by atoms with Crippen molar-refractivity contribution in [2.45, 2.75) is 98.1 Å². The van der Waals surface area contributed by atoms with Crippen LogP contribution in [0.25, 0.3) is 22.3 Å². The summed E-state index contributed by atoms with van der Waals surface area (Å²) in [5.74, 6) is -3.53. The van der Waals surface area contributed by atoms with Crippen molar-refractivity contribution in [1.82, 2.24) is 0 Å². The van der Waals surface area contributed by atoms with Crippen LogP contribution in [0.5, 0.6) is 0 Å². The summed E-state index contributed by atoms with van der Waals surface area (Å²) in [6.45, 7) is 13.6. The molecule has 1 aliphatic rings. The Balaban J connectivity index is 0.000000281. The van der Waals surface area contributed by atoms with Crippen LogP contribution >= 0.6 is 0 Å². The van der Waals surface area contributed by atoms with E-state index < -0.39 is 40.9 Å². The Hall–Kier alpha value is -5.61. The van der Waals surface area contributed by atoms with Gasteiger partial charge in [-0.15, -0.1) is 0 Å². The van der Waals surface area contributed by atoms with Crippen LogP contribution in [0.15, 0.2) is 109 Å². The Bertz CT molecular complexity index is 1770. The first-order valence-corrected chi connectivity index (χ1v) is 17.5. The molecule has 0 amide bonds. The fourth-order valence-electron chi connectivity index (χ4n) is 4.65. The zero-order valence-corrected chi connectivity index (χ0v) is 32.4. The zero-order chi connectivity index (χ0) is 40.5. The molecule has 10 heteroatoms. The maximum atomic E-state index is 12.0. The molecule has 4 aromatic rings. The maximum absolute atomic E-state index is 12.0. The van der Waals surface area contributed by atoms with E-state index in [2.05, 4.69) is 9.47 Å².